The van der Waals surface area contributed by atoms with Crippen molar-refractivity contribution in [2.75, 3.05) is 13.2 Å². The number of hydrogen-bond donors (Lipinski definition) is 3. The molecule has 2 unspecified atom stereocenters. The van der Waals surface area contributed by atoms with Gasteiger partial charge in [-0.2, -0.15) is 0 Å². The highest BCUT2D eigenvalue weighted by molar-refractivity contribution is 5.76. The van der Waals surface area contributed by atoms with Crippen molar-refractivity contribution in [2.45, 2.75) is 437 Å². The molecule has 0 aromatic rings. The molecule has 0 fully saturated rings. The molecule has 0 spiro atoms. The van der Waals surface area contributed by atoms with E-state index in [1.165, 1.54) is 340 Å². The van der Waals surface area contributed by atoms with Gasteiger partial charge in [0.25, 0.3) is 0 Å². The third-order valence-corrected chi connectivity index (χ3v) is 17.9. The van der Waals surface area contributed by atoms with E-state index in [0.717, 1.165) is 51.4 Å². The van der Waals surface area contributed by atoms with Crippen LogP contribution >= 0.6 is 0 Å². The highest BCUT2D eigenvalue weighted by Crippen LogP contribution is 2.19. The quantitative estimate of drug-likeness (QED) is 0.0320. The first kappa shape index (κ1) is 82.1. The van der Waals surface area contributed by atoms with E-state index in [9.17, 15) is 19.8 Å². The van der Waals surface area contributed by atoms with Crippen LogP contribution < -0.4 is 5.32 Å². The van der Waals surface area contributed by atoms with E-state index in [1.54, 1.807) is 0 Å². The van der Waals surface area contributed by atoms with Crippen LogP contribution in [0.2, 0.25) is 0 Å². The fourth-order valence-electron chi connectivity index (χ4n) is 12.1. The molecule has 84 heavy (non-hydrogen) atoms. The van der Waals surface area contributed by atoms with Crippen LogP contribution in [-0.2, 0) is 14.3 Å². The van der Waals surface area contributed by atoms with E-state index >= 15 is 0 Å². The van der Waals surface area contributed by atoms with Crippen LogP contribution in [0, 0.1) is 0 Å². The predicted octanol–water partition coefficient (Wildman–Crippen LogP) is 25.0. The van der Waals surface area contributed by atoms with Gasteiger partial charge < -0.3 is 20.3 Å². The number of amides is 1. The van der Waals surface area contributed by atoms with Crippen LogP contribution in [-0.4, -0.2) is 47.4 Å². The van der Waals surface area contributed by atoms with Gasteiger partial charge in [-0.3, -0.25) is 9.59 Å². The van der Waals surface area contributed by atoms with Crippen LogP contribution in [0.5, 0.6) is 0 Å². The highest BCUT2D eigenvalue weighted by atomic mass is 16.5. The summed E-state index contributed by atoms with van der Waals surface area (Å²) < 4.78 is 5.49. The summed E-state index contributed by atoms with van der Waals surface area (Å²) in [7, 11) is 0. The standard InChI is InChI=1S/C78H149NO5/c1-3-5-7-9-11-13-15-17-19-21-22-36-39-42-46-50-54-58-62-66-70-76(81)75(74-80)79-77(82)71-67-63-59-55-51-47-43-40-37-34-32-30-28-26-24-23-25-27-29-31-33-35-38-41-45-49-53-57-61-65-69-73-84-78(83)72-68-64-60-56-52-48-44-20-18-16-14-12-10-8-6-4-2/h20,25,27,31,33,44,75-76,80-81H,3-19,21-24,26,28-30,32,34-43,45-74H2,1-2H3,(H,79,82)/b27-25-,33-31-,44-20-. The Morgan fingerprint density at radius 1 is 0.333 bits per heavy atom. The van der Waals surface area contributed by atoms with E-state index in [1.807, 2.05) is 0 Å². The van der Waals surface area contributed by atoms with Crippen LogP contribution in [0.15, 0.2) is 36.5 Å². The van der Waals surface area contributed by atoms with E-state index in [0.29, 0.717) is 25.9 Å². The Balaban J connectivity index is 3.39. The molecule has 0 aromatic carbocycles. The number of aliphatic hydroxyl groups excluding tert-OH is 2. The molecule has 0 aromatic heterocycles. The second kappa shape index (κ2) is 73.5. The molecule has 0 saturated heterocycles. The van der Waals surface area contributed by atoms with Crippen LogP contribution in [0.4, 0.5) is 0 Å². The Kier molecular flexibility index (Phi) is 71.9. The van der Waals surface area contributed by atoms with Gasteiger partial charge in [-0.15, -0.1) is 0 Å². The van der Waals surface area contributed by atoms with Gasteiger partial charge in [-0.1, -0.05) is 365 Å². The van der Waals surface area contributed by atoms with Gasteiger partial charge in [0.05, 0.1) is 25.4 Å². The minimum Gasteiger partial charge on any atom is -0.466 e. The number of allylic oxidation sites excluding steroid dienone is 6. The van der Waals surface area contributed by atoms with Crippen molar-refractivity contribution in [2.24, 2.45) is 0 Å². The van der Waals surface area contributed by atoms with Crippen molar-refractivity contribution in [3.63, 3.8) is 0 Å². The summed E-state index contributed by atoms with van der Waals surface area (Å²) in [6, 6.07) is -0.542. The van der Waals surface area contributed by atoms with Crippen molar-refractivity contribution in [3.8, 4) is 0 Å². The Morgan fingerprint density at radius 3 is 0.917 bits per heavy atom. The van der Waals surface area contributed by atoms with Gasteiger partial charge in [0.15, 0.2) is 0 Å². The van der Waals surface area contributed by atoms with Crippen LogP contribution in [0.1, 0.15) is 425 Å². The second-order valence-corrected chi connectivity index (χ2v) is 26.3. The molecule has 2 atom stereocenters. The minimum absolute atomic E-state index is 0.00648. The molecule has 1 amide bonds. The largest absolute Gasteiger partial charge is 0.466 e. The van der Waals surface area contributed by atoms with Crippen molar-refractivity contribution in [3.05, 3.63) is 36.5 Å². The Bertz CT molecular complexity index is 1360. The van der Waals surface area contributed by atoms with Gasteiger partial charge in [0.2, 0.25) is 5.91 Å². The topological polar surface area (TPSA) is 95.9 Å². The fraction of sp³-hybridized carbons (Fsp3) is 0.897. The molecule has 6 nitrogen and oxygen atoms in total. The zero-order chi connectivity index (χ0) is 60.6. The number of hydrogen-bond acceptors (Lipinski definition) is 5. The van der Waals surface area contributed by atoms with Gasteiger partial charge in [-0.25, -0.2) is 0 Å². The van der Waals surface area contributed by atoms with Gasteiger partial charge in [-0.05, 0) is 83.5 Å². The van der Waals surface area contributed by atoms with Crippen molar-refractivity contribution >= 4 is 11.9 Å². The second-order valence-electron chi connectivity index (χ2n) is 26.3. The number of unbranched alkanes of at least 4 members (excludes halogenated alkanes) is 55. The number of esters is 1. The average molecular weight is 1180 g/mol. The Hall–Kier alpha value is -1.92. The monoisotopic (exact) mass is 1180 g/mol. The van der Waals surface area contributed by atoms with Crippen molar-refractivity contribution in [1.29, 1.82) is 0 Å². The molecule has 0 bridgehead atoms. The van der Waals surface area contributed by atoms with E-state index in [2.05, 4.69) is 55.6 Å². The molecule has 0 aliphatic heterocycles. The molecule has 0 heterocycles. The summed E-state index contributed by atoms with van der Waals surface area (Å²) in [6.45, 7) is 4.99. The maximum atomic E-state index is 12.6. The van der Waals surface area contributed by atoms with Crippen LogP contribution in [0.3, 0.4) is 0 Å². The van der Waals surface area contributed by atoms with Gasteiger partial charge in [0, 0.05) is 12.8 Å². The number of carbonyl (C=O) groups excluding carboxylic acids is 2. The lowest BCUT2D eigenvalue weighted by atomic mass is 10.0. The van der Waals surface area contributed by atoms with Gasteiger partial charge >= 0.3 is 5.97 Å². The fourth-order valence-corrected chi connectivity index (χ4v) is 12.1. The lowest BCUT2D eigenvalue weighted by molar-refractivity contribution is -0.143. The first-order chi connectivity index (χ1) is 41.5. The highest BCUT2D eigenvalue weighted by Gasteiger charge is 2.20. The SMILES string of the molecule is CCCCCCCCC/C=C\CCCCCCCC(=O)OCCCCCCCCCCC/C=C\C/C=C\CCCCCCCCCCCCCCCCCC(=O)NC(CO)C(O)CCCCCCCCCCCCCCCCCCCCCC. The summed E-state index contributed by atoms with van der Waals surface area (Å²) >= 11 is 0. The maximum Gasteiger partial charge on any atom is 0.305 e. The first-order valence-corrected chi connectivity index (χ1v) is 38.2. The summed E-state index contributed by atoms with van der Waals surface area (Å²) in [5, 5.41) is 23.4. The molecular formula is C78H149NO5. The van der Waals surface area contributed by atoms with E-state index in [4.69, 9.17) is 4.74 Å². The molecule has 6 heteroatoms. The zero-order valence-electron chi connectivity index (χ0n) is 56.9. The smallest absolute Gasteiger partial charge is 0.305 e. The molecule has 496 valence electrons. The maximum absolute atomic E-state index is 12.6. The molecule has 0 aliphatic carbocycles. The van der Waals surface area contributed by atoms with Gasteiger partial charge in [0.1, 0.15) is 0 Å². The normalized spacial score (nSPS) is 12.7. The van der Waals surface area contributed by atoms with E-state index < -0.39 is 12.1 Å². The predicted molar refractivity (Wildman–Crippen MR) is 370 cm³/mol. The molecule has 0 aliphatic rings. The third kappa shape index (κ3) is 69.2. The molecule has 0 radical (unpaired) electrons. The zero-order valence-corrected chi connectivity index (χ0v) is 56.9. The molecule has 3 N–H and O–H groups in total. The third-order valence-electron chi connectivity index (χ3n) is 17.9. The number of ether oxygens (including phenoxy) is 1. The number of rotatable bonds is 72. The minimum atomic E-state index is -0.665. The van der Waals surface area contributed by atoms with E-state index in [-0.39, 0.29) is 18.5 Å². The lowest BCUT2D eigenvalue weighted by Gasteiger charge is -2.22. The average Bonchev–Trinajstić information content (AvgIpc) is 3.51. The summed E-state index contributed by atoms with van der Waals surface area (Å²) in [5.41, 5.74) is 0. The number of nitrogens with one attached hydrogen (secondary N) is 1. The Morgan fingerprint density at radius 2 is 0.595 bits per heavy atom. The first-order valence-electron chi connectivity index (χ1n) is 38.2. The van der Waals surface area contributed by atoms with Crippen LogP contribution in [0.25, 0.3) is 0 Å². The summed E-state index contributed by atoms with van der Waals surface area (Å²) in [5.74, 6) is -0.0236. The van der Waals surface area contributed by atoms with Crippen molar-refractivity contribution in [1.82, 2.24) is 5.32 Å². The molecular weight excluding hydrogens is 1030 g/mol. The molecule has 0 rings (SSSR count). The summed E-state index contributed by atoms with van der Waals surface area (Å²) in [6.07, 6.45) is 95.0. The summed E-state index contributed by atoms with van der Waals surface area (Å²) in [4.78, 5) is 24.6. The van der Waals surface area contributed by atoms with Crippen molar-refractivity contribution < 1.29 is 24.5 Å². The number of aliphatic hydroxyl groups is 2. The molecule has 0 saturated carbocycles. The lowest BCUT2D eigenvalue weighted by Crippen LogP contribution is -2.45. The Labute approximate surface area is 525 Å². The number of carbonyl (C=O) groups is 2.